The third kappa shape index (κ3) is 6.78. The van der Waals surface area contributed by atoms with Crippen LogP contribution < -0.4 is 10.6 Å². The van der Waals surface area contributed by atoms with Gasteiger partial charge in [-0.1, -0.05) is 13.8 Å². The van der Waals surface area contributed by atoms with Gasteiger partial charge in [0.2, 0.25) is 11.8 Å². The van der Waals surface area contributed by atoms with E-state index in [0.29, 0.717) is 12.8 Å². The molecule has 0 aromatic carbocycles. The molecule has 0 aliphatic heterocycles. The minimum Gasteiger partial charge on any atom is -0.480 e. The van der Waals surface area contributed by atoms with Crippen LogP contribution in [-0.2, 0) is 14.4 Å². The number of unbranched alkanes of at least 4 members (excludes halogenated alkanes) is 1. The van der Waals surface area contributed by atoms with Crippen LogP contribution in [0.15, 0.2) is 0 Å². The molecule has 0 radical (unpaired) electrons. The quantitative estimate of drug-likeness (QED) is 0.447. The number of hydrogen-bond acceptors (Lipinski definition) is 3. The minimum absolute atomic E-state index is 0.140. The van der Waals surface area contributed by atoms with E-state index in [1.54, 1.807) is 13.8 Å². The third-order valence-electron chi connectivity index (χ3n) is 2.74. The van der Waals surface area contributed by atoms with Crippen molar-refractivity contribution >= 4 is 17.8 Å². The van der Waals surface area contributed by atoms with Crippen molar-refractivity contribution in [3.63, 3.8) is 0 Å². The predicted molar refractivity (Wildman–Crippen MR) is 74.7 cm³/mol. The summed E-state index contributed by atoms with van der Waals surface area (Å²) >= 11 is 0. The van der Waals surface area contributed by atoms with Crippen LogP contribution in [0, 0.1) is 18.3 Å². The fraction of sp³-hybridized carbons (Fsp3) is 0.643. The Balaban J connectivity index is 4.66. The van der Waals surface area contributed by atoms with Gasteiger partial charge in [-0.15, -0.1) is 12.3 Å². The number of hydrogen-bond donors (Lipinski definition) is 3. The fourth-order valence-corrected chi connectivity index (χ4v) is 1.68. The molecule has 0 heterocycles. The Labute approximate surface area is 119 Å². The van der Waals surface area contributed by atoms with Crippen LogP contribution >= 0.6 is 0 Å². The van der Waals surface area contributed by atoms with Gasteiger partial charge in [-0.25, -0.2) is 4.79 Å². The molecule has 2 atom stereocenters. The number of amides is 2. The van der Waals surface area contributed by atoms with E-state index >= 15 is 0 Å². The van der Waals surface area contributed by atoms with Crippen molar-refractivity contribution in [1.29, 1.82) is 0 Å². The highest BCUT2D eigenvalue weighted by atomic mass is 16.4. The molecule has 0 saturated heterocycles. The van der Waals surface area contributed by atoms with Crippen LogP contribution in [0.1, 0.15) is 40.0 Å². The van der Waals surface area contributed by atoms with Crippen LogP contribution in [0.2, 0.25) is 0 Å². The van der Waals surface area contributed by atoms with E-state index in [9.17, 15) is 14.4 Å². The fourth-order valence-electron chi connectivity index (χ4n) is 1.68. The molecule has 0 bridgehead atoms. The van der Waals surface area contributed by atoms with E-state index in [-0.39, 0.29) is 18.2 Å². The summed E-state index contributed by atoms with van der Waals surface area (Å²) in [6, 6.07) is -1.74. The van der Waals surface area contributed by atoms with Gasteiger partial charge in [-0.2, -0.15) is 0 Å². The van der Waals surface area contributed by atoms with Crippen LogP contribution in [0.5, 0.6) is 0 Å². The number of aliphatic carboxylic acids is 1. The van der Waals surface area contributed by atoms with Crippen LogP contribution in [0.3, 0.4) is 0 Å². The lowest BCUT2D eigenvalue weighted by Gasteiger charge is -2.23. The highest BCUT2D eigenvalue weighted by molar-refractivity contribution is 5.90. The maximum Gasteiger partial charge on any atom is 0.326 e. The molecule has 0 rings (SSSR count). The first-order valence-electron chi connectivity index (χ1n) is 6.53. The van der Waals surface area contributed by atoms with Crippen LogP contribution in [0.4, 0.5) is 0 Å². The average molecular weight is 282 g/mol. The summed E-state index contributed by atoms with van der Waals surface area (Å²) in [6.07, 6.45) is 6.33. The van der Waals surface area contributed by atoms with Gasteiger partial charge in [0.05, 0.1) is 0 Å². The Kier molecular flexibility index (Phi) is 8.06. The molecule has 0 fully saturated rings. The van der Waals surface area contributed by atoms with Crippen molar-refractivity contribution < 1.29 is 19.5 Å². The molecule has 6 heteroatoms. The Bertz CT molecular complexity index is 398. The Hall–Kier alpha value is -2.03. The highest BCUT2D eigenvalue weighted by Gasteiger charge is 2.27. The van der Waals surface area contributed by atoms with E-state index in [0.717, 1.165) is 0 Å². The molecule has 0 spiro atoms. The Morgan fingerprint density at radius 2 is 1.85 bits per heavy atom. The number of carboxylic acid groups (broad SMARTS) is 1. The van der Waals surface area contributed by atoms with Gasteiger partial charge in [0.25, 0.3) is 0 Å². The largest absolute Gasteiger partial charge is 0.480 e. The van der Waals surface area contributed by atoms with Crippen molar-refractivity contribution in [1.82, 2.24) is 10.6 Å². The molecule has 0 saturated carbocycles. The van der Waals surface area contributed by atoms with E-state index in [2.05, 4.69) is 16.6 Å². The molecule has 0 unspecified atom stereocenters. The highest BCUT2D eigenvalue weighted by Crippen LogP contribution is 2.05. The summed E-state index contributed by atoms with van der Waals surface area (Å²) < 4.78 is 0. The molecule has 0 aromatic rings. The van der Waals surface area contributed by atoms with E-state index in [1.165, 1.54) is 6.92 Å². The summed E-state index contributed by atoms with van der Waals surface area (Å²) in [5, 5.41) is 14.0. The van der Waals surface area contributed by atoms with E-state index < -0.39 is 24.0 Å². The number of carboxylic acids is 1. The van der Waals surface area contributed by atoms with Gasteiger partial charge < -0.3 is 15.7 Å². The van der Waals surface area contributed by atoms with Crippen molar-refractivity contribution in [3.8, 4) is 12.3 Å². The second-order valence-corrected chi connectivity index (χ2v) is 4.92. The second kappa shape index (κ2) is 8.97. The SMILES string of the molecule is C#CCCC[C@@H](NC(=O)[C@H](NC(C)=O)C(C)C)C(=O)O. The van der Waals surface area contributed by atoms with Gasteiger partial charge in [-0.05, 0) is 18.8 Å². The normalized spacial score (nSPS) is 13.2. The summed E-state index contributed by atoms with van der Waals surface area (Å²) in [5.41, 5.74) is 0. The Morgan fingerprint density at radius 1 is 1.25 bits per heavy atom. The van der Waals surface area contributed by atoms with E-state index in [4.69, 9.17) is 11.5 Å². The zero-order chi connectivity index (χ0) is 15.7. The summed E-state index contributed by atoms with van der Waals surface area (Å²) in [6.45, 7) is 4.85. The third-order valence-corrected chi connectivity index (χ3v) is 2.74. The number of nitrogens with one attached hydrogen (secondary N) is 2. The van der Waals surface area contributed by atoms with Crippen LogP contribution in [0.25, 0.3) is 0 Å². The monoisotopic (exact) mass is 282 g/mol. The van der Waals surface area contributed by atoms with Gasteiger partial charge in [0, 0.05) is 13.3 Å². The zero-order valence-corrected chi connectivity index (χ0v) is 12.1. The van der Waals surface area contributed by atoms with Crippen molar-refractivity contribution in [2.75, 3.05) is 0 Å². The molecule has 0 aromatic heterocycles. The maximum atomic E-state index is 12.0. The lowest BCUT2D eigenvalue weighted by atomic mass is 10.0. The predicted octanol–water partition coefficient (Wildman–Crippen LogP) is 0.520. The zero-order valence-electron chi connectivity index (χ0n) is 12.1. The van der Waals surface area contributed by atoms with Crippen molar-refractivity contribution in [2.45, 2.75) is 52.1 Å². The number of rotatable bonds is 8. The van der Waals surface area contributed by atoms with Crippen molar-refractivity contribution in [2.24, 2.45) is 5.92 Å². The minimum atomic E-state index is -1.11. The molecule has 0 aliphatic carbocycles. The second-order valence-electron chi connectivity index (χ2n) is 4.92. The molecule has 0 aliphatic rings. The van der Waals surface area contributed by atoms with Crippen molar-refractivity contribution in [3.05, 3.63) is 0 Å². The number of carbonyl (C=O) groups excluding carboxylic acids is 2. The first-order valence-corrected chi connectivity index (χ1v) is 6.53. The molecule has 112 valence electrons. The summed E-state index contributed by atoms with van der Waals surface area (Å²) in [7, 11) is 0. The molecular weight excluding hydrogens is 260 g/mol. The first kappa shape index (κ1) is 18.0. The maximum absolute atomic E-state index is 12.0. The standard InChI is InChI=1S/C14H22N2O4/c1-5-6-7-8-11(14(19)20)16-13(18)12(9(2)3)15-10(4)17/h1,9,11-12H,6-8H2,2-4H3,(H,15,17)(H,16,18)(H,19,20)/t11-,12-/m1/s1. The molecule has 20 heavy (non-hydrogen) atoms. The molecule has 6 nitrogen and oxygen atoms in total. The van der Waals surface area contributed by atoms with E-state index in [1.807, 2.05) is 0 Å². The number of terminal acetylenes is 1. The molecule has 3 N–H and O–H groups in total. The topological polar surface area (TPSA) is 95.5 Å². The summed E-state index contributed by atoms with van der Waals surface area (Å²) in [4.78, 5) is 34.2. The number of carbonyl (C=O) groups is 3. The lowest BCUT2D eigenvalue weighted by molar-refractivity contribution is -0.142. The van der Waals surface area contributed by atoms with Gasteiger partial charge >= 0.3 is 5.97 Å². The smallest absolute Gasteiger partial charge is 0.326 e. The Morgan fingerprint density at radius 3 is 2.25 bits per heavy atom. The van der Waals surface area contributed by atoms with Gasteiger partial charge in [0.15, 0.2) is 0 Å². The van der Waals surface area contributed by atoms with Gasteiger partial charge in [-0.3, -0.25) is 9.59 Å². The summed E-state index contributed by atoms with van der Waals surface area (Å²) in [5.74, 6) is 0.337. The van der Waals surface area contributed by atoms with Crippen LogP contribution in [-0.4, -0.2) is 35.0 Å². The average Bonchev–Trinajstić information content (AvgIpc) is 2.33. The lowest BCUT2D eigenvalue weighted by Crippen LogP contribution is -2.53. The first-order chi connectivity index (χ1) is 9.29. The van der Waals surface area contributed by atoms with Gasteiger partial charge in [0.1, 0.15) is 12.1 Å². The molecule has 2 amide bonds. The molecular formula is C14H22N2O4.